The summed E-state index contributed by atoms with van der Waals surface area (Å²) in [5.74, 6) is -0.672. The minimum atomic E-state index is -0.571. The smallest absolute Gasteiger partial charge is 0.266 e. The fourth-order valence-electron chi connectivity index (χ4n) is 3.03. The standard InChI is InChI=1S/C23H17ClFN3O2S/c1-14(21(29)26-17-6-4-5-15(24)13-17)31-23-27-20-8-3-2-7-19(20)22(30)28(23)18-11-9-16(25)10-12-18/h2-14H,1H3,(H,26,29). The SMILES string of the molecule is CC(Sc1nc2ccccc2c(=O)n1-c1ccc(F)cc1)C(=O)Nc1cccc(Cl)c1. The summed E-state index contributed by atoms with van der Waals surface area (Å²) in [6.45, 7) is 1.72. The van der Waals surface area contributed by atoms with E-state index in [1.165, 1.54) is 28.8 Å². The maximum atomic E-state index is 13.4. The maximum absolute atomic E-state index is 13.4. The average molecular weight is 454 g/mol. The molecular formula is C23H17ClFN3O2S. The van der Waals surface area contributed by atoms with Crippen molar-refractivity contribution in [2.24, 2.45) is 0 Å². The van der Waals surface area contributed by atoms with E-state index in [1.807, 2.05) is 0 Å². The number of amides is 1. The molecule has 1 atom stereocenters. The van der Waals surface area contributed by atoms with Gasteiger partial charge in [0.1, 0.15) is 5.82 Å². The zero-order valence-electron chi connectivity index (χ0n) is 16.4. The van der Waals surface area contributed by atoms with E-state index >= 15 is 0 Å². The Balaban J connectivity index is 1.72. The molecule has 3 aromatic carbocycles. The van der Waals surface area contributed by atoms with Crippen molar-refractivity contribution in [2.75, 3.05) is 5.32 Å². The van der Waals surface area contributed by atoms with Crippen molar-refractivity contribution < 1.29 is 9.18 Å². The number of aromatic nitrogens is 2. The number of halogens is 2. The molecule has 4 rings (SSSR count). The Morgan fingerprint density at radius 3 is 2.58 bits per heavy atom. The highest BCUT2D eigenvalue weighted by Gasteiger charge is 2.20. The molecule has 1 heterocycles. The molecule has 1 N–H and O–H groups in total. The second-order valence-electron chi connectivity index (χ2n) is 6.79. The van der Waals surface area contributed by atoms with Gasteiger partial charge in [-0.2, -0.15) is 0 Å². The topological polar surface area (TPSA) is 64.0 Å². The van der Waals surface area contributed by atoms with Crippen LogP contribution >= 0.6 is 23.4 Å². The average Bonchev–Trinajstić information content (AvgIpc) is 2.75. The molecular weight excluding hydrogens is 437 g/mol. The zero-order valence-corrected chi connectivity index (χ0v) is 18.0. The number of fused-ring (bicyclic) bond motifs is 1. The molecule has 156 valence electrons. The van der Waals surface area contributed by atoms with Crippen LogP contribution in [0.15, 0.2) is 82.7 Å². The van der Waals surface area contributed by atoms with Gasteiger partial charge in [-0.05, 0) is 61.5 Å². The van der Waals surface area contributed by atoms with Crippen LogP contribution in [0.25, 0.3) is 16.6 Å². The molecule has 0 saturated heterocycles. The number of hydrogen-bond donors (Lipinski definition) is 1. The Morgan fingerprint density at radius 2 is 1.84 bits per heavy atom. The third kappa shape index (κ3) is 4.62. The molecule has 0 aliphatic heterocycles. The van der Waals surface area contributed by atoms with E-state index in [0.717, 1.165) is 11.8 Å². The van der Waals surface area contributed by atoms with Gasteiger partial charge in [0.2, 0.25) is 5.91 Å². The molecule has 0 aliphatic rings. The van der Waals surface area contributed by atoms with E-state index in [-0.39, 0.29) is 11.5 Å². The van der Waals surface area contributed by atoms with Crippen LogP contribution in [-0.4, -0.2) is 20.7 Å². The third-order valence-corrected chi connectivity index (χ3v) is 5.86. The lowest BCUT2D eigenvalue weighted by atomic mass is 10.2. The lowest BCUT2D eigenvalue weighted by Gasteiger charge is -2.16. The van der Waals surface area contributed by atoms with E-state index in [1.54, 1.807) is 55.5 Å². The van der Waals surface area contributed by atoms with Gasteiger partial charge in [0.05, 0.1) is 21.8 Å². The molecule has 0 radical (unpaired) electrons. The Bertz CT molecular complexity index is 1320. The highest BCUT2D eigenvalue weighted by Crippen LogP contribution is 2.26. The molecule has 0 bridgehead atoms. The fraction of sp³-hybridized carbons (Fsp3) is 0.0870. The Kier molecular flexibility index (Phi) is 6.06. The summed E-state index contributed by atoms with van der Waals surface area (Å²) in [6, 6.07) is 19.4. The van der Waals surface area contributed by atoms with Crippen molar-refractivity contribution in [3.05, 3.63) is 94.0 Å². The normalized spacial score (nSPS) is 12.0. The number of nitrogens with one attached hydrogen (secondary N) is 1. The van der Waals surface area contributed by atoms with Gasteiger partial charge in [-0.3, -0.25) is 14.2 Å². The van der Waals surface area contributed by atoms with E-state index < -0.39 is 11.1 Å². The summed E-state index contributed by atoms with van der Waals surface area (Å²) in [4.78, 5) is 30.6. The quantitative estimate of drug-likeness (QED) is 0.329. The molecule has 0 fully saturated rings. The summed E-state index contributed by atoms with van der Waals surface area (Å²) in [5, 5.41) is 3.53. The Hall–Kier alpha value is -3.16. The van der Waals surface area contributed by atoms with Gasteiger partial charge in [-0.1, -0.05) is 41.6 Å². The van der Waals surface area contributed by atoms with E-state index in [0.29, 0.717) is 32.5 Å². The van der Waals surface area contributed by atoms with Gasteiger partial charge in [0, 0.05) is 10.7 Å². The minimum Gasteiger partial charge on any atom is -0.325 e. The molecule has 0 aliphatic carbocycles. The number of carbonyl (C=O) groups is 1. The van der Waals surface area contributed by atoms with Crippen molar-refractivity contribution in [3.8, 4) is 5.69 Å². The molecule has 8 heteroatoms. The summed E-state index contributed by atoms with van der Waals surface area (Å²) in [5.41, 5.74) is 1.28. The Morgan fingerprint density at radius 1 is 1.10 bits per heavy atom. The van der Waals surface area contributed by atoms with Crippen molar-refractivity contribution >= 4 is 45.9 Å². The van der Waals surface area contributed by atoms with Crippen LogP contribution in [0.3, 0.4) is 0 Å². The number of benzene rings is 3. The van der Waals surface area contributed by atoms with Crippen molar-refractivity contribution in [1.29, 1.82) is 0 Å². The molecule has 5 nitrogen and oxygen atoms in total. The number of nitrogens with zero attached hydrogens (tertiary/aromatic N) is 2. The highest BCUT2D eigenvalue weighted by molar-refractivity contribution is 8.00. The summed E-state index contributed by atoms with van der Waals surface area (Å²) in [7, 11) is 0. The van der Waals surface area contributed by atoms with Crippen molar-refractivity contribution in [3.63, 3.8) is 0 Å². The first-order valence-corrected chi connectivity index (χ1v) is 10.7. The predicted molar refractivity (Wildman–Crippen MR) is 123 cm³/mol. The summed E-state index contributed by atoms with van der Waals surface area (Å²) in [6.07, 6.45) is 0. The van der Waals surface area contributed by atoms with Crippen LogP contribution < -0.4 is 10.9 Å². The molecule has 1 amide bonds. The summed E-state index contributed by atoms with van der Waals surface area (Å²) >= 11 is 7.12. The largest absolute Gasteiger partial charge is 0.325 e. The second-order valence-corrected chi connectivity index (χ2v) is 8.53. The molecule has 0 spiro atoms. The predicted octanol–water partition coefficient (Wildman–Crippen LogP) is 5.30. The third-order valence-electron chi connectivity index (χ3n) is 4.57. The van der Waals surface area contributed by atoms with Gasteiger partial charge in [-0.15, -0.1) is 0 Å². The Labute approximate surface area is 186 Å². The van der Waals surface area contributed by atoms with Crippen LogP contribution in [-0.2, 0) is 4.79 Å². The van der Waals surface area contributed by atoms with Gasteiger partial charge < -0.3 is 5.32 Å². The van der Waals surface area contributed by atoms with Gasteiger partial charge in [-0.25, -0.2) is 9.37 Å². The van der Waals surface area contributed by atoms with Gasteiger partial charge in [0.15, 0.2) is 5.16 Å². The van der Waals surface area contributed by atoms with Gasteiger partial charge in [0.25, 0.3) is 5.56 Å². The van der Waals surface area contributed by atoms with Crippen molar-refractivity contribution in [2.45, 2.75) is 17.3 Å². The van der Waals surface area contributed by atoms with Crippen LogP contribution in [0.2, 0.25) is 5.02 Å². The molecule has 0 saturated carbocycles. The first-order chi connectivity index (χ1) is 14.9. The maximum Gasteiger partial charge on any atom is 0.266 e. The fourth-order valence-corrected chi connectivity index (χ4v) is 4.15. The molecule has 4 aromatic rings. The first-order valence-electron chi connectivity index (χ1n) is 9.43. The molecule has 1 aromatic heterocycles. The van der Waals surface area contributed by atoms with Crippen LogP contribution in [0.4, 0.5) is 10.1 Å². The van der Waals surface area contributed by atoms with Crippen molar-refractivity contribution in [1.82, 2.24) is 9.55 Å². The minimum absolute atomic E-state index is 0.264. The van der Waals surface area contributed by atoms with Crippen LogP contribution in [0.1, 0.15) is 6.92 Å². The van der Waals surface area contributed by atoms with Gasteiger partial charge >= 0.3 is 0 Å². The molecule has 1 unspecified atom stereocenters. The first kappa shape index (κ1) is 21.1. The second kappa shape index (κ2) is 8.91. The zero-order chi connectivity index (χ0) is 22.0. The van der Waals surface area contributed by atoms with E-state index in [9.17, 15) is 14.0 Å². The number of anilines is 1. The van der Waals surface area contributed by atoms with E-state index in [2.05, 4.69) is 10.3 Å². The molecule has 31 heavy (non-hydrogen) atoms. The number of carbonyl (C=O) groups excluding carboxylic acids is 1. The number of para-hydroxylation sites is 1. The lowest BCUT2D eigenvalue weighted by molar-refractivity contribution is -0.115. The highest BCUT2D eigenvalue weighted by atomic mass is 35.5. The number of rotatable bonds is 5. The monoisotopic (exact) mass is 453 g/mol. The van der Waals surface area contributed by atoms with Crippen LogP contribution in [0.5, 0.6) is 0 Å². The van der Waals surface area contributed by atoms with E-state index in [4.69, 9.17) is 11.6 Å². The number of thioether (sulfide) groups is 1. The number of hydrogen-bond acceptors (Lipinski definition) is 4. The lowest BCUT2D eigenvalue weighted by Crippen LogP contribution is -2.26. The van der Waals surface area contributed by atoms with Crippen LogP contribution in [0, 0.1) is 5.82 Å². The summed E-state index contributed by atoms with van der Waals surface area (Å²) < 4.78 is 14.8.